The number of benzene rings is 2. The van der Waals surface area contributed by atoms with Crippen molar-refractivity contribution in [1.29, 1.82) is 0 Å². The third-order valence-electron chi connectivity index (χ3n) is 5.75. The van der Waals surface area contributed by atoms with Crippen LogP contribution in [0.25, 0.3) is 10.9 Å². The van der Waals surface area contributed by atoms with Gasteiger partial charge in [0.15, 0.2) is 11.5 Å². The normalized spacial score (nSPS) is 14.2. The van der Waals surface area contributed by atoms with Crippen LogP contribution in [-0.2, 0) is 11.3 Å². The summed E-state index contributed by atoms with van der Waals surface area (Å²) in [6.07, 6.45) is 2.55. The highest BCUT2D eigenvalue weighted by Crippen LogP contribution is 2.34. The Balaban J connectivity index is 1.46. The number of rotatable bonds is 6. The molecule has 7 nitrogen and oxygen atoms in total. The van der Waals surface area contributed by atoms with Crippen molar-refractivity contribution in [2.45, 2.75) is 46.2 Å². The number of nitrogens with one attached hydrogen (secondary N) is 1. The van der Waals surface area contributed by atoms with E-state index in [0.29, 0.717) is 29.9 Å². The zero-order valence-corrected chi connectivity index (χ0v) is 18.8. The summed E-state index contributed by atoms with van der Waals surface area (Å²) in [6, 6.07) is 11.2. The number of aryl methyl sites for hydroxylation is 2. The smallest absolute Gasteiger partial charge is 0.261 e. The van der Waals surface area contributed by atoms with Crippen molar-refractivity contribution in [1.82, 2.24) is 14.9 Å². The fourth-order valence-corrected chi connectivity index (χ4v) is 3.97. The van der Waals surface area contributed by atoms with E-state index in [9.17, 15) is 9.59 Å². The van der Waals surface area contributed by atoms with E-state index >= 15 is 0 Å². The highest BCUT2D eigenvalue weighted by molar-refractivity contribution is 5.80. The molecule has 0 bridgehead atoms. The zero-order chi connectivity index (χ0) is 22.7. The van der Waals surface area contributed by atoms with Crippen LogP contribution in [0.4, 0.5) is 0 Å². The second-order valence-electron chi connectivity index (χ2n) is 8.51. The molecule has 0 saturated carbocycles. The van der Waals surface area contributed by atoms with Gasteiger partial charge in [-0.25, -0.2) is 4.98 Å². The second-order valence-corrected chi connectivity index (χ2v) is 8.51. The fourth-order valence-electron chi connectivity index (χ4n) is 3.97. The lowest BCUT2D eigenvalue weighted by Gasteiger charge is -2.24. The molecule has 0 unspecified atom stereocenters. The minimum absolute atomic E-state index is 0.118. The molecule has 1 atom stereocenters. The van der Waals surface area contributed by atoms with Gasteiger partial charge in [0.05, 0.1) is 36.5 Å². The molecule has 1 amide bonds. The maximum Gasteiger partial charge on any atom is 0.261 e. The average Bonchev–Trinajstić information content (AvgIpc) is 3.02. The molecule has 0 aliphatic carbocycles. The number of carbonyl (C=O) groups is 1. The highest BCUT2D eigenvalue weighted by atomic mass is 16.5. The average molecular weight is 436 g/mol. The van der Waals surface area contributed by atoms with Gasteiger partial charge in [-0.2, -0.15) is 0 Å². The first-order valence-electron chi connectivity index (χ1n) is 11.1. The molecular weight excluding hydrogens is 406 g/mol. The summed E-state index contributed by atoms with van der Waals surface area (Å²) in [5.41, 5.74) is 2.50. The van der Waals surface area contributed by atoms with E-state index in [1.165, 1.54) is 10.9 Å². The van der Waals surface area contributed by atoms with E-state index in [-0.39, 0.29) is 36.4 Å². The number of para-hydroxylation sites is 1. The van der Waals surface area contributed by atoms with Crippen LogP contribution in [0.1, 0.15) is 43.9 Å². The van der Waals surface area contributed by atoms with E-state index in [1.807, 2.05) is 37.3 Å². The van der Waals surface area contributed by atoms with Crippen molar-refractivity contribution in [2.24, 2.45) is 5.92 Å². The molecule has 7 heteroatoms. The minimum atomic E-state index is -0.172. The predicted octanol–water partition coefficient (Wildman–Crippen LogP) is 3.77. The first-order chi connectivity index (χ1) is 15.4. The summed E-state index contributed by atoms with van der Waals surface area (Å²) in [6.45, 7) is 7.58. The molecule has 32 heavy (non-hydrogen) atoms. The van der Waals surface area contributed by atoms with Crippen LogP contribution in [0.2, 0.25) is 0 Å². The van der Waals surface area contributed by atoms with Crippen LogP contribution in [-0.4, -0.2) is 28.7 Å². The minimum Gasteiger partial charge on any atom is -0.490 e. The van der Waals surface area contributed by atoms with Gasteiger partial charge in [-0.05, 0) is 42.2 Å². The van der Waals surface area contributed by atoms with Gasteiger partial charge in [-0.1, -0.05) is 32.0 Å². The van der Waals surface area contributed by atoms with Crippen molar-refractivity contribution in [3.05, 3.63) is 64.2 Å². The SMILES string of the molecule is Cc1cccc2c(=O)n(CCC(=O)N[C@@H](c3ccc4c(c3)OCCCO4)C(C)C)cnc12. The third kappa shape index (κ3) is 4.61. The quantitative estimate of drug-likeness (QED) is 0.637. The summed E-state index contributed by atoms with van der Waals surface area (Å²) in [7, 11) is 0. The van der Waals surface area contributed by atoms with Crippen LogP contribution in [0.15, 0.2) is 47.5 Å². The Labute approximate surface area is 187 Å². The summed E-state index contributed by atoms with van der Waals surface area (Å²) >= 11 is 0. The van der Waals surface area contributed by atoms with Crippen LogP contribution in [0, 0.1) is 12.8 Å². The van der Waals surface area contributed by atoms with Crippen molar-refractivity contribution >= 4 is 16.8 Å². The highest BCUT2D eigenvalue weighted by Gasteiger charge is 2.21. The Morgan fingerprint density at radius 1 is 1.16 bits per heavy atom. The van der Waals surface area contributed by atoms with Gasteiger partial charge in [0.25, 0.3) is 5.56 Å². The second kappa shape index (κ2) is 9.42. The molecular formula is C25H29N3O4. The molecule has 1 aliphatic heterocycles. The summed E-state index contributed by atoms with van der Waals surface area (Å²) < 4.78 is 13.0. The van der Waals surface area contributed by atoms with Gasteiger partial charge < -0.3 is 14.8 Å². The van der Waals surface area contributed by atoms with Gasteiger partial charge in [0.2, 0.25) is 5.91 Å². The maximum atomic E-state index is 12.8. The number of hydrogen-bond donors (Lipinski definition) is 1. The van der Waals surface area contributed by atoms with E-state index in [4.69, 9.17) is 9.47 Å². The molecule has 0 saturated heterocycles. The van der Waals surface area contributed by atoms with Crippen LogP contribution < -0.4 is 20.3 Å². The predicted molar refractivity (Wildman–Crippen MR) is 123 cm³/mol. The largest absolute Gasteiger partial charge is 0.490 e. The molecule has 168 valence electrons. The van der Waals surface area contributed by atoms with Crippen LogP contribution in [0.5, 0.6) is 11.5 Å². The molecule has 1 N–H and O–H groups in total. The standard InChI is InChI=1S/C25H29N3O4/c1-16(2)23(18-8-9-20-21(14-18)32-13-5-12-31-20)27-22(29)10-11-28-15-26-24-17(3)6-4-7-19(24)25(28)30/h4,6-9,14-16,23H,5,10-13H2,1-3H3,(H,27,29)/t23-/m1/s1. The zero-order valence-electron chi connectivity index (χ0n) is 18.8. The Kier molecular flexibility index (Phi) is 6.44. The molecule has 1 aliphatic rings. The van der Waals surface area contributed by atoms with Crippen molar-refractivity contribution < 1.29 is 14.3 Å². The lowest BCUT2D eigenvalue weighted by atomic mass is 9.95. The topological polar surface area (TPSA) is 82.5 Å². The lowest BCUT2D eigenvalue weighted by molar-refractivity contribution is -0.122. The molecule has 2 aromatic carbocycles. The third-order valence-corrected chi connectivity index (χ3v) is 5.75. The number of nitrogens with zero attached hydrogens (tertiary/aromatic N) is 2. The van der Waals surface area contributed by atoms with Gasteiger partial charge in [-0.3, -0.25) is 14.2 Å². The Morgan fingerprint density at radius 2 is 1.94 bits per heavy atom. The number of fused-ring (bicyclic) bond motifs is 2. The fraction of sp³-hybridized carbons (Fsp3) is 0.400. The number of hydrogen-bond acceptors (Lipinski definition) is 5. The lowest BCUT2D eigenvalue weighted by Crippen LogP contribution is -2.33. The van der Waals surface area contributed by atoms with Crippen molar-refractivity contribution in [3.8, 4) is 11.5 Å². The van der Waals surface area contributed by atoms with E-state index in [1.54, 1.807) is 6.07 Å². The van der Waals surface area contributed by atoms with E-state index in [0.717, 1.165) is 23.3 Å². The Morgan fingerprint density at radius 3 is 2.72 bits per heavy atom. The Bertz CT molecular complexity index is 1190. The van der Waals surface area contributed by atoms with Gasteiger partial charge >= 0.3 is 0 Å². The first kappa shape index (κ1) is 21.9. The van der Waals surface area contributed by atoms with E-state index < -0.39 is 0 Å². The Hall–Kier alpha value is -3.35. The molecule has 0 radical (unpaired) electrons. The number of ether oxygens (including phenoxy) is 2. The van der Waals surface area contributed by atoms with Crippen LogP contribution in [0.3, 0.4) is 0 Å². The summed E-state index contributed by atoms with van der Waals surface area (Å²) in [5.74, 6) is 1.51. The molecule has 2 heterocycles. The molecule has 3 aromatic rings. The number of amides is 1. The van der Waals surface area contributed by atoms with Crippen LogP contribution >= 0.6 is 0 Å². The summed E-state index contributed by atoms with van der Waals surface area (Å²) in [5, 5.41) is 3.69. The van der Waals surface area contributed by atoms with Crippen molar-refractivity contribution in [2.75, 3.05) is 13.2 Å². The molecule has 0 fully saturated rings. The number of aromatic nitrogens is 2. The van der Waals surface area contributed by atoms with Gasteiger partial charge in [-0.15, -0.1) is 0 Å². The summed E-state index contributed by atoms with van der Waals surface area (Å²) in [4.78, 5) is 30.0. The van der Waals surface area contributed by atoms with E-state index in [2.05, 4.69) is 24.1 Å². The molecule has 1 aromatic heterocycles. The molecule has 0 spiro atoms. The maximum absolute atomic E-state index is 12.8. The monoisotopic (exact) mass is 435 g/mol. The van der Waals surface area contributed by atoms with Gasteiger partial charge in [0, 0.05) is 19.4 Å². The molecule has 4 rings (SSSR count). The van der Waals surface area contributed by atoms with Crippen molar-refractivity contribution in [3.63, 3.8) is 0 Å². The van der Waals surface area contributed by atoms with Gasteiger partial charge in [0.1, 0.15) is 0 Å². The first-order valence-corrected chi connectivity index (χ1v) is 11.1. The number of carbonyl (C=O) groups excluding carboxylic acids is 1.